The Morgan fingerprint density at radius 1 is 1.55 bits per heavy atom. The standard InChI is InChI=1S/C15H23NO3S/c1-3-11-4-7-15(18,8-5-11)10-16-14(17)13-12(19-2)6-9-20-13/h6,9,11,18H,3-5,7-8,10H2,1-2H3,(H,16,17). The summed E-state index contributed by atoms with van der Waals surface area (Å²) in [6, 6.07) is 1.78. The SMILES string of the molecule is CCC1CCC(O)(CNC(=O)c2sccc2OC)CC1. The lowest BCUT2D eigenvalue weighted by Crippen LogP contribution is -2.45. The molecule has 0 aliphatic heterocycles. The Labute approximate surface area is 124 Å². The molecule has 0 aromatic carbocycles. The molecule has 1 amide bonds. The minimum absolute atomic E-state index is 0.164. The number of aliphatic hydroxyl groups is 1. The molecule has 1 heterocycles. The maximum Gasteiger partial charge on any atom is 0.265 e. The molecule has 1 saturated carbocycles. The van der Waals surface area contributed by atoms with Crippen LogP contribution in [-0.4, -0.2) is 30.3 Å². The fourth-order valence-electron chi connectivity index (χ4n) is 2.75. The van der Waals surface area contributed by atoms with Gasteiger partial charge >= 0.3 is 0 Å². The van der Waals surface area contributed by atoms with Crippen molar-refractivity contribution >= 4 is 17.2 Å². The molecule has 112 valence electrons. The molecule has 1 aliphatic rings. The molecule has 20 heavy (non-hydrogen) atoms. The molecular formula is C15H23NO3S. The first-order chi connectivity index (χ1) is 9.58. The smallest absolute Gasteiger partial charge is 0.265 e. The summed E-state index contributed by atoms with van der Waals surface area (Å²) in [6.45, 7) is 2.52. The number of hydrogen-bond donors (Lipinski definition) is 2. The summed E-state index contributed by atoms with van der Waals surface area (Å²) in [7, 11) is 1.55. The highest BCUT2D eigenvalue weighted by Gasteiger charge is 2.33. The van der Waals surface area contributed by atoms with Crippen LogP contribution in [0.1, 0.15) is 48.7 Å². The van der Waals surface area contributed by atoms with E-state index in [2.05, 4.69) is 12.2 Å². The largest absolute Gasteiger partial charge is 0.495 e. The molecule has 0 unspecified atom stereocenters. The lowest BCUT2D eigenvalue weighted by atomic mass is 9.78. The number of amides is 1. The monoisotopic (exact) mass is 297 g/mol. The van der Waals surface area contributed by atoms with Gasteiger partial charge in [0.15, 0.2) is 0 Å². The molecule has 1 aromatic heterocycles. The molecule has 0 atom stereocenters. The second-order valence-electron chi connectivity index (χ2n) is 5.58. The first kappa shape index (κ1) is 15.3. The number of hydrogen-bond acceptors (Lipinski definition) is 4. The van der Waals surface area contributed by atoms with E-state index in [4.69, 9.17) is 4.74 Å². The zero-order valence-corrected chi connectivity index (χ0v) is 13.0. The molecule has 1 aromatic rings. The number of thiophene rings is 1. The average molecular weight is 297 g/mol. The Balaban J connectivity index is 1.87. The Kier molecular flexibility index (Phi) is 5.05. The van der Waals surface area contributed by atoms with E-state index in [0.717, 1.165) is 31.6 Å². The van der Waals surface area contributed by atoms with Crippen LogP contribution >= 0.6 is 11.3 Å². The van der Waals surface area contributed by atoms with Crippen LogP contribution in [0.5, 0.6) is 5.75 Å². The molecule has 0 spiro atoms. The summed E-state index contributed by atoms with van der Waals surface area (Å²) >= 11 is 1.35. The molecule has 0 saturated heterocycles. The third kappa shape index (κ3) is 3.52. The summed E-state index contributed by atoms with van der Waals surface area (Å²) in [5.41, 5.74) is -0.744. The van der Waals surface area contributed by atoms with Crippen LogP contribution in [0.25, 0.3) is 0 Å². The maximum atomic E-state index is 12.1. The van der Waals surface area contributed by atoms with E-state index in [1.54, 1.807) is 13.2 Å². The van der Waals surface area contributed by atoms with Gasteiger partial charge in [0.2, 0.25) is 0 Å². The number of rotatable bonds is 5. The second-order valence-corrected chi connectivity index (χ2v) is 6.49. The van der Waals surface area contributed by atoms with Gasteiger partial charge in [0.1, 0.15) is 10.6 Å². The van der Waals surface area contributed by atoms with Gasteiger partial charge in [0.05, 0.1) is 12.7 Å². The van der Waals surface area contributed by atoms with E-state index in [1.807, 2.05) is 5.38 Å². The van der Waals surface area contributed by atoms with Crippen LogP contribution in [-0.2, 0) is 0 Å². The number of carbonyl (C=O) groups is 1. The van der Waals surface area contributed by atoms with Gasteiger partial charge in [-0.25, -0.2) is 0 Å². The van der Waals surface area contributed by atoms with Crippen molar-refractivity contribution in [2.24, 2.45) is 5.92 Å². The van der Waals surface area contributed by atoms with E-state index >= 15 is 0 Å². The van der Waals surface area contributed by atoms with Gasteiger partial charge in [-0.2, -0.15) is 0 Å². The van der Waals surface area contributed by atoms with Gasteiger partial charge in [-0.05, 0) is 43.0 Å². The van der Waals surface area contributed by atoms with Gasteiger partial charge < -0.3 is 15.2 Å². The highest BCUT2D eigenvalue weighted by molar-refractivity contribution is 7.12. The van der Waals surface area contributed by atoms with E-state index in [9.17, 15) is 9.90 Å². The molecule has 4 nitrogen and oxygen atoms in total. The van der Waals surface area contributed by atoms with Gasteiger partial charge in [0.25, 0.3) is 5.91 Å². The molecule has 0 radical (unpaired) electrons. The fraction of sp³-hybridized carbons (Fsp3) is 0.667. The van der Waals surface area contributed by atoms with Crippen LogP contribution in [0.2, 0.25) is 0 Å². The average Bonchev–Trinajstić information content (AvgIpc) is 2.94. The second kappa shape index (κ2) is 6.59. The summed E-state index contributed by atoms with van der Waals surface area (Å²) in [5, 5.41) is 15.2. The number of nitrogens with one attached hydrogen (secondary N) is 1. The van der Waals surface area contributed by atoms with Gasteiger partial charge in [-0.1, -0.05) is 13.3 Å². The quantitative estimate of drug-likeness (QED) is 0.878. The molecule has 1 aliphatic carbocycles. The molecule has 2 rings (SSSR count). The van der Waals surface area contributed by atoms with Crippen molar-refractivity contribution in [1.82, 2.24) is 5.32 Å². The van der Waals surface area contributed by atoms with Crippen LogP contribution in [0.15, 0.2) is 11.4 Å². The first-order valence-electron chi connectivity index (χ1n) is 7.20. The number of carbonyl (C=O) groups excluding carboxylic acids is 1. The third-order valence-electron chi connectivity index (χ3n) is 4.25. The summed E-state index contributed by atoms with van der Waals surface area (Å²) in [4.78, 5) is 12.7. The molecule has 5 heteroatoms. The minimum Gasteiger partial charge on any atom is -0.495 e. The highest BCUT2D eigenvalue weighted by Crippen LogP contribution is 2.33. The zero-order chi connectivity index (χ0) is 14.6. The number of methoxy groups -OCH3 is 1. The Hall–Kier alpha value is -1.07. The summed E-state index contributed by atoms with van der Waals surface area (Å²) in [5.74, 6) is 1.15. The maximum absolute atomic E-state index is 12.1. The molecule has 2 N–H and O–H groups in total. The van der Waals surface area contributed by atoms with Crippen LogP contribution in [0, 0.1) is 5.92 Å². The van der Waals surface area contributed by atoms with Gasteiger partial charge in [0, 0.05) is 6.54 Å². The number of ether oxygens (including phenoxy) is 1. The first-order valence-corrected chi connectivity index (χ1v) is 8.08. The van der Waals surface area contributed by atoms with Crippen molar-refractivity contribution < 1.29 is 14.6 Å². The van der Waals surface area contributed by atoms with Crippen molar-refractivity contribution in [3.63, 3.8) is 0 Å². The molecular weight excluding hydrogens is 274 g/mol. The van der Waals surface area contributed by atoms with E-state index in [-0.39, 0.29) is 5.91 Å². The minimum atomic E-state index is -0.744. The van der Waals surface area contributed by atoms with E-state index < -0.39 is 5.60 Å². The van der Waals surface area contributed by atoms with E-state index in [1.165, 1.54) is 17.8 Å². The van der Waals surface area contributed by atoms with Crippen molar-refractivity contribution in [2.45, 2.75) is 44.6 Å². The zero-order valence-electron chi connectivity index (χ0n) is 12.1. The summed E-state index contributed by atoms with van der Waals surface area (Å²) in [6.07, 6.45) is 4.81. The predicted molar refractivity (Wildman–Crippen MR) is 80.4 cm³/mol. The van der Waals surface area contributed by atoms with Crippen molar-refractivity contribution in [1.29, 1.82) is 0 Å². The Morgan fingerprint density at radius 2 is 2.25 bits per heavy atom. The van der Waals surface area contributed by atoms with Crippen molar-refractivity contribution in [3.05, 3.63) is 16.3 Å². The third-order valence-corrected chi connectivity index (χ3v) is 5.14. The predicted octanol–water partition coefficient (Wildman–Crippen LogP) is 2.82. The highest BCUT2D eigenvalue weighted by atomic mass is 32.1. The van der Waals surface area contributed by atoms with Crippen LogP contribution in [0.4, 0.5) is 0 Å². The van der Waals surface area contributed by atoms with Crippen molar-refractivity contribution in [2.75, 3.05) is 13.7 Å². The van der Waals surface area contributed by atoms with Gasteiger partial charge in [-0.15, -0.1) is 11.3 Å². The molecule has 1 fully saturated rings. The normalized spacial score (nSPS) is 26.2. The van der Waals surface area contributed by atoms with Gasteiger partial charge in [-0.3, -0.25) is 4.79 Å². The molecule has 0 bridgehead atoms. The van der Waals surface area contributed by atoms with Crippen LogP contribution in [0.3, 0.4) is 0 Å². The lowest BCUT2D eigenvalue weighted by molar-refractivity contribution is -0.00785. The Morgan fingerprint density at radius 3 is 2.85 bits per heavy atom. The lowest BCUT2D eigenvalue weighted by Gasteiger charge is -2.35. The summed E-state index contributed by atoms with van der Waals surface area (Å²) < 4.78 is 5.14. The van der Waals surface area contributed by atoms with E-state index in [0.29, 0.717) is 17.2 Å². The van der Waals surface area contributed by atoms with Crippen LogP contribution < -0.4 is 10.1 Å². The van der Waals surface area contributed by atoms with Crippen molar-refractivity contribution in [3.8, 4) is 5.75 Å². The Bertz CT molecular complexity index is 450. The fourth-order valence-corrected chi connectivity index (χ4v) is 3.52. The topological polar surface area (TPSA) is 58.6 Å².